The zero-order valence-electron chi connectivity index (χ0n) is 8.89. The molecule has 0 aliphatic carbocycles. The number of nitrogens with zero attached hydrogens (tertiary/aromatic N) is 4. The van der Waals surface area contributed by atoms with Crippen molar-refractivity contribution in [3.8, 4) is 0 Å². The first-order chi connectivity index (χ1) is 7.86. The quantitative estimate of drug-likeness (QED) is 0.754. The summed E-state index contributed by atoms with van der Waals surface area (Å²) < 4.78 is 1.53. The second kappa shape index (κ2) is 3.62. The Morgan fingerprint density at radius 2 is 2.06 bits per heavy atom. The van der Waals surface area contributed by atoms with Crippen LogP contribution >= 0.6 is 0 Å². The Bertz CT molecular complexity index is 552. The molecule has 1 aliphatic heterocycles. The van der Waals surface area contributed by atoms with Crippen molar-refractivity contribution in [1.29, 1.82) is 0 Å². The highest BCUT2D eigenvalue weighted by Crippen LogP contribution is 2.16. The van der Waals surface area contributed by atoms with Crippen molar-refractivity contribution in [1.82, 2.24) is 19.6 Å². The van der Waals surface area contributed by atoms with E-state index in [-0.39, 0.29) is 5.69 Å². The lowest BCUT2D eigenvalue weighted by Gasteiger charge is -2.27. The van der Waals surface area contributed by atoms with Gasteiger partial charge < -0.3 is 4.90 Å². The van der Waals surface area contributed by atoms with E-state index < -0.39 is 0 Å². The molecule has 1 N–H and O–H groups in total. The van der Waals surface area contributed by atoms with Gasteiger partial charge in [0.15, 0.2) is 5.65 Å². The van der Waals surface area contributed by atoms with Gasteiger partial charge in [-0.2, -0.15) is 5.10 Å². The third kappa shape index (κ3) is 1.37. The fourth-order valence-electron chi connectivity index (χ4n) is 2.16. The third-order valence-corrected chi connectivity index (χ3v) is 2.95. The summed E-state index contributed by atoms with van der Waals surface area (Å²) in [4.78, 5) is 18.1. The fourth-order valence-corrected chi connectivity index (χ4v) is 2.16. The number of aromatic nitrogens is 4. The van der Waals surface area contributed by atoms with Gasteiger partial charge in [0.05, 0.1) is 0 Å². The first-order valence-corrected chi connectivity index (χ1v) is 5.53. The molecule has 0 bridgehead atoms. The molecule has 1 saturated heterocycles. The number of fused-ring (bicyclic) bond motifs is 1. The molecule has 1 aliphatic rings. The minimum atomic E-state index is -0.219. The smallest absolute Gasteiger partial charge is 0.342 e. The zero-order chi connectivity index (χ0) is 11.0. The molecule has 2 aromatic rings. The van der Waals surface area contributed by atoms with Gasteiger partial charge >= 0.3 is 5.69 Å². The van der Waals surface area contributed by atoms with Crippen LogP contribution in [0.4, 0.5) is 5.95 Å². The summed E-state index contributed by atoms with van der Waals surface area (Å²) in [6, 6.07) is 1.73. The molecule has 6 nitrogen and oxygen atoms in total. The summed E-state index contributed by atoms with van der Waals surface area (Å²) in [6.07, 6.45) is 5.27. The number of hydrogen-bond donors (Lipinski definition) is 1. The maximum atomic E-state index is 11.6. The van der Waals surface area contributed by atoms with Crippen molar-refractivity contribution in [3.63, 3.8) is 0 Å². The summed E-state index contributed by atoms with van der Waals surface area (Å²) in [5, 5.41) is 6.38. The van der Waals surface area contributed by atoms with E-state index in [1.54, 1.807) is 12.3 Å². The van der Waals surface area contributed by atoms with Crippen LogP contribution in [0.3, 0.4) is 0 Å². The van der Waals surface area contributed by atoms with Crippen LogP contribution in [-0.4, -0.2) is 32.7 Å². The van der Waals surface area contributed by atoms with Crippen LogP contribution in [0.5, 0.6) is 0 Å². The summed E-state index contributed by atoms with van der Waals surface area (Å²) in [5.74, 6) is 0.705. The van der Waals surface area contributed by atoms with Gasteiger partial charge in [0.2, 0.25) is 5.95 Å². The van der Waals surface area contributed by atoms with E-state index in [2.05, 4.69) is 20.1 Å². The standard InChI is InChI=1S/C10H13N5O/c16-10-13-12-8-4-5-11-9(15(8)10)14-6-2-1-3-7-14/h4-5H,1-3,6-7H2,(H,13,16). The molecule has 0 amide bonds. The molecule has 84 valence electrons. The van der Waals surface area contributed by atoms with Crippen LogP contribution in [0.15, 0.2) is 17.1 Å². The molecule has 0 spiro atoms. The first kappa shape index (κ1) is 9.38. The van der Waals surface area contributed by atoms with Crippen LogP contribution in [-0.2, 0) is 0 Å². The number of H-pyrrole nitrogens is 1. The SMILES string of the molecule is O=c1[nH]nc2ccnc(N3CCCCC3)n12. The van der Waals surface area contributed by atoms with Gasteiger partial charge in [-0.15, -0.1) is 0 Å². The Balaban J connectivity index is 2.14. The molecule has 0 aromatic carbocycles. The molecule has 0 saturated carbocycles. The number of anilines is 1. The highest BCUT2D eigenvalue weighted by atomic mass is 16.1. The highest BCUT2D eigenvalue weighted by molar-refractivity contribution is 5.45. The number of rotatable bonds is 1. The Hall–Kier alpha value is -1.85. The molecule has 3 rings (SSSR count). The molecule has 0 radical (unpaired) electrons. The molecular formula is C10H13N5O. The largest absolute Gasteiger partial charge is 0.350 e. The molecule has 3 heterocycles. The van der Waals surface area contributed by atoms with E-state index in [4.69, 9.17) is 0 Å². The number of hydrogen-bond acceptors (Lipinski definition) is 4. The van der Waals surface area contributed by atoms with Crippen molar-refractivity contribution in [2.75, 3.05) is 18.0 Å². The van der Waals surface area contributed by atoms with Crippen LogP contribution in [0.1, 0.15) is 19.3 Å². The Morgan fingerprint density at radius 1 is 1.25 bits per heavy atom. The third-order valence-electron chi connectivity index (χ3n) is 2.95. The van der Waals surface area contributed by atoms with E-state index in [1.807, 2.05) is 0 Å². The molecule has 1 fully saturated rings. The Labute approximate surface area is 91.9 Å². The molecule has 16 heavy (non-hydrogen) atoms. The van der Waals surface area contributed by atoms with Crippen molar-refractivity contribution < 1.29 is 0 Å². The summed E-state index contributed by atoms with van der Waals surface area (Å²) in [5.41, 5.74) is 0.407. The number of piperidine rings is 1. The number of nitrogens with one attached hydrogen (secondary N) is 1. The lowest BCUT2D eigenvalue weighted by Crippen LogP contribution is -2.33. The monoisotopic (exact) mass is 219 g/mol. The van der Waals surface area contributed by atoms with Gasteiger partial charge in [-0.25, -0.2) is 19.3 Å². The van der Waals surface area contributed by atoms with Gasteiger partial charge in [-0.05, 0) is 19.3 Å². The fraction of sp³-hybridized carbons (Fsp3) is 0.500. The van der Waals surface area contributed by atoms with E-state index in [1.165, 1.54) is 10.8 Å². The van der Waals surface area contributed by atoms with Crippen molar-refractivity contribution in [2.24, 2.45) is 0 Å². The summed E-state index contributed by atoms with van der Waals surface area (Å²) >= 11 is 0. The second-order valence-corrected chi connectivity index (χ2v) is 4.01. The van der Waals surface area contributed by atoms with Gasteiger partial charge in [0, 0.05) is 25.4 Å². The van der Waals surface area contributed by atoms with Crippen LogP contribution < -0.4 is 10.6 Å². The predicted octanol–water partition coefficient (Wildman–Crippen LogP) is 0.408. The molecule has 2 aromatic heterocycles. The van der Waals surface area contributed by atoms with E-state index in [9.17, 15) is 4.79 Å². The van der Waals surface area contributed by atoms with Crippen LogP contribution in [0, 0.1) is 0 Å². The highest BCUT2D eigenvalue weighted by Gasteiger charge is 2.16. The first-order valence-electron chi connectivity index (χ1n) is 5.53. The Kier molecular flexibility index (Phi) is 2.12. The van der Waals surface area contributed by atoms with Crippen LogP contribution in [0.2, 0.25) is 0 Å². The van der Waals surface area contributed by atoms with Crippen LogP contribution in [0.25, 0.3) is 5.65 Å². The molecule has 0 atom stereocenters. The number of aromatic amines is 1. The van der Waals surface area contributed by atoms with Crippen molar-refractivity contribution in [2.45, 2.75) is 19.3 Å². The summed E-state index contributed by atoms with van der Waals surface area (Å²) in [6.45, 7) is 1.92. The normalized spacial score (nSPS) is 16.9. The van der Waals surface area contributed by atoms with E-state index in [0.717, 1.165) is 25.9 Å². The van der Waals surface area contributed by atoms with Crippen molar-refractivity contribution >= 4 is 11.6 Å². The maximum absolute atomic E-state index is 11.6. The maximum Gasteiger partial charge on any atom is 0.350 e. The van der Waals surface area contributed by atoms with E-state index >= 15 is 0 Å². The Morgan fingerprint density at radius 3 is 2.88 bits per heavy atom. The van der Waals surface area contributed by atoms with Gasteiger partial charge in [0.25, 0.3) is 0 Å². The lowest BCUT2D eigenvalue weighted by molar-refractivity contribution is 0.565. The van der Waals surface area contributed by atoms with Gasteiger partial charge in [0.1, 0.15) is 0 Å². The van der Waals surface area contributed by atoms with E-state index in [0.29, 0.717) is 11.6 Å². The average Bonchev–Trinajstić information content (AvgIpc) is 2.73. The minimum Gasteiger partial charge on any atom is -0.342 e. The summed E-state index contributed by atoms with van der Waals surface area (Å²) in [7, 11) is 0. The predicted molar refractivity (Wildman–Crippen MR) is 59.7 cm³/mol. The molecule has 0 unspecified atom stereocenters. The lowest BCUT2D eigenvalue weighted by atomic mass is 10.1. The van der Waals surface area contributed by atoms with Gasteiger partial charge in [-0.3, -0.25) is 0 Å². The minimum absolute atomic E-state index is 0.219. The zero-order valence-corrected chi connectivity index (χ0v) is 8.89. The molecule has 6 heteroatoms. The average molecular weight is 219 g/mol. The van der Waals surface area contributed by atoms with Crippen molar-refractivity contribution in [3.05, 3.63) is 22.7 Å². The molecular weight excluding hydrogens is 206 g/mol. The topological polar surface area (TPSA) is 66.3 Å². The second-order valence-electron chi connectivity index (χ2n) is 4.01. The van der Waals surface area contributed by atoms with Gasteiger partial charge in [-0.1, -0.05) is 0 Å².